The van der Waals surface area contributed by atoms with Crippen LogP contribution in [0.15, 0.2) is 24.3 Å². The largest absolute Gasteiger partial charge is 0.482 e. The van der Waals surface area contributed by atoms with Gasteiger partial charge in [0.25, 0.3) is 5.91 Å². The molecule has 0 saturated carbocycles. The second kappa shape index (κ2) is 9.27. The molecule has 0 aliphatic carbocycles. The molecule has 1 amide bonds. The van der Waals surface area contributed by atoms with Crippen molar-refractivity contribution in [2.45, 2.75) is 39.2 Å². The summed E-state index contributed by atoms with van der Waals surface area (Å²) in [6, 6.07) is 7.56. The van der Waals surface area contributed by atoms with E-state index in [1.165, 1.54) is 6.92 Å². The fourth-order valence-corrected chi connectivity index (χ4v) is 2.05. The molecule has 0 fully saturated rings. The van der Waals surface area contributed by atoms with Gasteiger partial charge in [-0.05, 0) is 24.0 Å². The van der Waals surface area contributed by atoms with Gasteiger partial charge in [0.15, 0.2) is 12.7 Å². The second-order valence-electron chi connectivity index (χ2n) is 6.45. The van der Waals surface area contributed by atoms with Crippen LogP contribution in [0.4, 0.5) is 0 Å². The predicted molar refractivity (Wildman–Crippen MR) is 91.1 cm³/mol. The first kappa shape index (κ1) is 20.0. The van der Waals surface area contributed by atoms with E-state index in [9.17, 15) is 9.59 Å². The van der Waals surface area contributed by atoms with Crippen molar-refractivity contribution in [2.75, 3.05) is 26.9 Å². The van der Waals surface area contributed by atoms with E-state index in [4.69, 9.17) is 14.2 Å². The van der Waals surface area contributed by atoms with Crippen LogP contribution in [-0.4, -0.2) is 44.8 Å². The van der Waals surface area contributed by atoms with Crippen LogP contribution < -0.4 is 10.1 Å². The van der Waals surface area contributed by atoms with Gasteiger partial charge in [-0.1, -0.05) is 39.0 Å². The molecule has 6 heteroatoms. The first-order valence-corrected chi connectivity index (χ1v) is 7.94. The molecular weight excluding hydrogens is 310 g/mol. The highest BCUT2D eigenvalue weighted by Crippen LogP contribution is 2.30. The summed E-state index contributed by atoms with van der Waals surface area (Å²) in [6.45, 7) is 8.25. The number of methoxy groups -OCH3 is 1. The van der Waals surface area contributed by atoms with Crippen molar-refractivity contribution in [2.24, 2.45) is 0 Å². The Kier molecular flexibility index (Phi) is 7.71. The molecule has 24 heavy (non-hydrogen) atoms. The van der Waals surface area contributed by atoms with E-state index in [-0.39, 0.29) is 17.9 Å². The second-order valence-corrected chi connectivity index (χ2v) is 6.45. The zero-order valence-corrected chi connectivity index (χ0v) is 15.0. The summed E-state index contributed by atoms with van der Waals surface area (Å²) in [4.78, 5) is 23.6. The van der Waals surface area contributed by atoms with Crippen molar-refractivity contribution in [1.82, 2.24) is 5.32 Å². The Morgan fingerprint density at radius 1 is 1.21 bits per heavy atom. The molecule has 0 spiro atoms. The molecule has 0 heterocycles. The predicted octanol–water partition coefficient (Wildman–Crippen LogP) is 2.06. The average molecular weight is 337 g/mol. The molecular formula is C18H27NO5. The van der Waals surface area contributed by atoms with Gasteiger partial charge in [0.1, 0.15) is 5.75 Å². The number of carbonyl (C=O) groups is 2. The molecule has 1 aromatic carbocycles. The number of carbonyl (C=O) groups excluding carboxylic acids is 2. The van der Waals surface area contributed by atoms with Crippen LogP contribution in [0.2, 0.25) is 0 Å². The Hall–Kier alpha value is -2.08. The minimum Gasteiger partial charge on any atom is -0.482 e. The van der Waals surface area contributed by atoms with Gasteiger partial charge < -0.3 is 19.5 Å². The van der Waals surface area contributed by atoms with Crippen molar-refractivity contribution < 1.29 is 23.8 Å². The quantitative estimate of drug-likeness (QED) is 0.580. The number of nitrogens with one attached hydrogen (secondary N) is 1. The molecule has 0 aliphatic heterocycles. The van der Waals surface area contributed by atoms with E-state index in [0.29, 0.717) is 18.9 Å². The van der Waals surface area contributed by atoms with Crippen LogP contribution in [0, 0.1) is 0 Å². The highest BCUT2D eigenvalue weighted by molar-refractivity contribution is 5.83. The third-order valence-electron chi connectivity index (χ3n) is 3.32. The highest BCUT2D eigenvalue weighted by atomic mass is 16.6. The number of hydrogen-bond donors (Lipinski definition) is 1. The van der Waals surface area contributed by atoms with Crippen molar-refractivity contribution >= 4 is 11.9 Å². The number of rotatable bonds is 8. The van der Waals surface area contributed by atoms with Crippen LogP contribution in [0.25, 0.3) is 0 Å². The highest BCUT2D eigenvalue weighted by Gasteiger charge is 2.21. The van der Waals surface area contributed by atoms with E-state index >= 15 is 0 Å². The van der Waals surface area contributed by atoms with Gasteiger partial charge in [-0.25, -0.2) is 4.79 Å². The van der Waals surface area contributed by atoms with E-state index < -0.39 is 12.1 Å². The van der Waals surface area contributed by atoms with Crippen molar-refractivity contribution in [3.63, 3.8) is 0 Å². The fraction of sp³-hybridized carbons (Fsp3) is 0.556. The van der Waals surface area contributed by atoms with Crippen LogP contribution in [0.3, 0.4) is 0 Å². The van der Waals surface area contributed by atoms with Crippen molar-refractivity contribution in [3.8, 4) is 5.75 Å². The maximum Gasteiger partial charge on any atom is 0.344 e. The SMILES string of the molecule is COCCNC(=O)[C@@H](C)OC(=O)COc1ccccc1C(C)(C)C. The maximum absolute atomic E-state index is 11.9. The van der Waals surface area contributed by atoms with E-state index in [1.807, 2.05) is 24.3 Å². The lowest BCUT2D eigenvalue weighted by atomic mass is 9.86. The van der Waals surface area contributed by atoms with Gasteiger partial charge in [-0.15, -0.1) is 0 Å². The van der Waals surface area contributed by atoms with Gasteiger partial charge in [0.2, 0.25) is 0 Å². The minimum absolute atomic E-state index is 0.102. The summed E-state index contributed by atoms with van der Waals surface area (Å²) >= 11 is 0. The van der Waals surface area contributed by atoms with E-state index in [1.54, 1.807) is 7.11 Å². The smallest absolute Gasteiger partial charge is 0.344 e. The van der Waals surface area contributed by atoms with Gasteiger partial charge in [0.05, 0.1) is 6.61 Å². The van der Waals surface area contributed by atoms with Gasteiger partial charge >= 0.3 is 5.97 Å². The fourth-order valence-electron chi connectivity index (χ4n) is 2.05. The molecule has 1 aromatic rings. The average Bonchev–Trinajstić information content (AvgIpc) is 2.52. The molecule has 0 unspecified atom stereocenters. The molecule has 1 N–H and O–H groups in total. The molecule has 0 saturated heterocycles. The summed E-state index contributed by atoms with van der Waals surface area (Å²) in [7, 11) is 1.54. The topological polar surface area (TPSA) is 73.9 Å². The van der Waals surface area contributed by atoms with E-state index in [0.717, 1.165) is 5.56 Å². The normalized spacial score (nSPS) is 12.4. The summed E-state index contributed by atoms with van der Waals surface area (Å²) in [6.07, 6.45) is -0.879. The third-order valence-corrected chi connectivity index (χ3v) is 3.32. The van der Waals surface area contributed by atoms with Crippen LogP contribution in [0.1, 0.15) is 33.3 Å². The summed E-state index contributed by atoms with van der Waals surface area (Å²) in [5.41, 5.74) is 0.901. The lowest BCUT2D eigenvalue weighted by Crippen LogP contribution is -2.38. The van der Waals surface area contributed by atoms with Crippen LogP contribution in [0.5, 0.6) is 5.75 Å². The number of benzene rings is 1. The molecule has 0 aromatic heterocycles. The molecule has 0 bridgehead atoms. The maximum atomic E-state index is 11.9. The van der Waals surface area contributed by atoms with Gasteiger partial charge in [-0.2, -0.15) is 0 Å². The molecule has 6 nitrogen and oxygen atoms in total. The zero-order valence-electron chi connectivity index (χ0n) is 15.0. The lowest BCUT2D eigenvalue weighted by Gasteiger charge is -2.22. The molecule has 0 radical (unpaired) electrons. The molecule has 134 valence electrons. The number of amides is 1. The molecule has 1 atom stereocenters. The monoisotopic (exact) mass is 337 g/mol. The molecule has 0 aliphatic rings. The first-order valence-electron chi connectivity index (χ1n) is 7.94. The summed E-state index contributed by atoms with van der Waals surface area (Å²) < 4.78 is 15.5. The number of hydrogen-bond acceptors (Lipinski definition) is 5. The Labute approximate surface area is 143 Å². The minimum atomic E-state index is -0.879. The van der Waals surface area contributed by atoms with Gasteiger partial charge in [0, 0.05) is 13.7 Å². The molecule has 1 rings (SSSR count). The Balaban J connectivity index is 2.51. The Morgan fingerprint density at radius 3 is 2.50 bits per heavy atom. The Bertz CT molecular complexity index is 551. The standard InChI is InChI=1S/C18H27NO5/c1-13(17(21)19-10-11-22-5)24-16(20)12-23-15-9-7-6-8-14(15)18(2,3)4/h6-9,13H,10-12H2,1-5H3,(H,19,21)/t13-/m1/s1. The number of ether oxygens (including phenoxy) is 3. The van der Waals surface area contributed by atoms with Crippen molar-refractivity contribution in [3.05, 3.63) is 29.8 Å². The third kappa shape index (κ3) is 6.58. The van der Waals surface area contributed by atoms with Crippen LogP contribution >= 0.6 is 0 Å². The number of para-hydroxylation sites is 1. The van der Waals surface area contributed by atoms with Crippen LogP contribution in [-0.2, 0) is 24.5 Å². The van der Waals surface area contributed by atoms with Gasteiger partial charge in [-0.3, -0.25) is 4.79 Å². The first-order chi connectivity index (χ1) is 11.3. The van der Waals surface area contributed by atoms with E-state index in [2.05, 4.69) is 26.1 Å². The number of esters is 1. The Morgan fingerprint density at radius 2 is 1.88 bits per heavy atom. The van der Waals surface area contributed by atoms with Crippen molar-refractivity contribution in [1.29, 1.82) is 0 Å². The summed E-state index contributed by atoms with van der Waals surface area (Å²) in [5, 5.41) is 2.61. The zero-order chi connectivity index (χ0) is 18.2. The summed E-state index contributed by atoms with van der Waals surface area (Å²) in [5.74, 6) is -0.317. The lowest BCUT2D eigenvalue weighted by molar-refractivity contribution is -0.156.